The number of hydrogen-bond acceptors (Lipinski definition) is 3. The Morgan fingerprint density at radius 1 is 1.00 bits per heavy atom. The number of para-hydroxylation sites is 1. The SMILES string of the molecule is CC(C)c1ccc(C(=O)N2CCN(CC(=O)Nc3ccccc3I)CC2)cc1. The van der Waals surface area contributed by atoms with Crippen LogP contribution in [0.2, 0.25) is 0 Å². The molecule has 28 heavy (non-hydrogen) atoms. The van der Waals surface area contributed by atoms with Crippen molar-refractivity contribution >= 4 is 40.1 Å². The third kappa shape index (κ3) is 5.32. The van der Waals surface area contributed by atoms with Crippen LogP contribution in [0.15, 0.2) is 48.5 Å². The lowest BCUT2D eigenvalue weighted by atomic mass is 10.0. The number of nitrogens with one attached hydrogen (secondary N) is 1. The molecule has 0 bridgehead atoms. The third-order valence-corrected chi connectivity index (χ3v) is 5.94. The van der Waals surface area contributed by atoms with E-state index in [2.05, 4.69) is 46.7 Å². The largest absolute Gasteiger partial charge is 0.336 e. The summed E-state index contributed by atoms with van der Waals surface area (Å²) in [6, 6.07) is 15.6. The third-order valence-electron chi connectivity index (χ3n) is 5.00. The summed E-state index contributed by atoms with van der Waals surface area (Å²) >= 11 is 2.21. The van der Waals surface area contributed by atoms with Crippen LogP contribution in [0, 0.1) is 3.57 Å². The average Bonchev–Trinajstić information content (AvgIpc) is 2.70. The van der Waals surface area contributed by atoms with Gasteiger partial charge in [0.1, 0.15) is 0 Å². The molecule has 0 saturated carbocycles. The Hall–Kier alpha value is -1.93. The maximum atomic E-state index is 12.7. The Morgan fingerprint density at radius 2 is 1.64 bits per heavy atom. The van der Waals surface area contributed by atoms with Gasteiger partial charge in [0.15, 0.2) is 0 Å². The standard InChI is InChI=1S/C22H26IN3O2/c1-16(2)17-7-9-18(10-8-17)22(28)26-13-11-25(12-14-26)15-21(27)24-20-6-4-3-5-19(20)23/h3-10,16H,11-15H2,1-2H3,(H,24,27). The highest BCUT2D eigenvalue weighted by atomic mass is 127. The van der Waals surface area contributed by atoms with Crippen LogP contribution in [-0.2, 0) is 4.79 Å². The predicted molar refractivity (Wildman–Crippen MR) is 121 cm³/mol. The number of carbonyl (C=O) groups excluding carboxylic acids is 2. The molecule has 0 aliphatic carbocycles. The monoisotopic (exact) mass is 491 g/mol. The van der Waals surface area contributed by atoms with Crippen LogP contribution >= 0.6 is 22.6 Å². The van der Waals surface area contributed by atoms with Gasteiger partial charge in [-0.1, -0.05) is 38.1 Å². The van der Waals surface area contributed by atoms with E-state index in [1.807, 2.05) is 53.4 Å². The van der Waals surface area contributed by atoms with E-state index in [1.165, 1.54) is 5.56 Å². The number of halogens is 1. The van der Waals surface area contributed by atoms with Crippen molar-refractivity contribution < 1.29 is 9.59 Å². The average molecular weight is 491 g/mol. The van der Waals surface area contributed by atoms with E-state index in [1.54, 1.807) is 0 Å². The van der Waals surface area contributed by atoms with Crippen LogP contribution in [-0.4, -0.2) is 54.3 Å². The molecule has 1 fully saturated rings. The molecule has 1 heterocycles. The summed E-state index contributed by atoms with van der Waals surface area (Å²) in [5.74, 6) is 0.504. The van der Waals surface area contributed by atoms with Crippen molar-refractivity contribution in [3.63, 3.8) is 0 Å². The second-order valence-electron chi connectivity index (χ2n) is 7.37. The first-order chi connectivity index (χ1) is 13.4. The number of hydrogen-bond donors (Lipinski definition) is 1. The van der Waals surface area contributed by atoms with Crippen molar-refractivity contribution in [3.05, 3.63) is 63.2 Å². The van der Waals surface area contributed by atoms with E-state index in [-0.39, 0.29) is 11.8 Å². The molecular formula is C22H26IN3O2. The van der Waals surface area contributed by atoms with Crippen LogP contribution in [0.4, 0.5) is 5.69 Å². The van der Waals surface area contributed by atoms with Crippen molar-refractivity contribution in [1.29, 1.82) is 0 Å². The van der Waals surface area contributed by atoms with E-state index in [4.69, 9.17) is 0 Å². The summed E-state index contributed by atoms with van der Waals surface area (Å²) < 4.78 is 1.02. The van der Waals surface area contributed by atoms with Gasteiger partial charge in [0.05, 0.1) is 12.2 Å². The van der Waals surface area contributed by atoms with Crippen molar-refractivity contribution in [2.45, 2.75) is 19.8 Å². The molecule has 0 spiro atoms. The second kappa shape index (κ2) is 9.52. The van der Waals surface area contributed by atoms with E-state index in [0.717, 1.165) is 14.8 Å². The second-order valence-corrected chi connectivity index (χ2v) is 8.54. The molecule has 1 N–H and O–H groups in total. The lowest BCUT2D eigenvalue weighted by Gasteiger charge is -2.34. The zero-order valence-corrected chi connectivity index (χ0v) is 18.5. The van der Waals surface area contributed by atoms with Gasteiger partial charge in [0.25, 0.3) is 5.91 Å². The molecular weight excluding hydrogens is 465 g/mol. The number of carbonyl (C=O) groups is 2. The quantitative estimate of drug-likeness (QED) is 0.648. The molecule has 1 aliphatic rings. The molecule has 0 atom stereocenters. The highest BCUT2D eigenvalue weighted by Gasteiger charge is 2.23. The lowest BCUT2D eigenvalue weighted by Crippen LogP contribution is -2.50. The Morgan fingerprint density at radius 3 is 2.25 bits per heavy atom. The van der Waals surface area contributed by atoms with Gasteiger partial charge >= 0.3 is 0 Å². The number of amides is 2. The Bertz CT molecular complexity index is 828. The summed E-state index contributed by atoms with van der Waals surface area (Å²) in [5.41, 5.74) is 2.81. The minimum Gasteiger partial charge on any atom is -0.336 e. The highest BCUT2D eigenvalue weighted by molar-refractivity contribution is 14.1. The zero-order valence-electron chi connectivity index (χ0n) is 16.3. The van der Waals surface area contributed by atoms with Crippen molar-refractivity contribution in [1.82, 2.24) is 9.80 Å². The molecule has 6 heteroatoms. The summed E-state index contributed by atoms with van der Waals surface area (Å²) in [7, 11) is 0. The van der Waals surface area contributed by atoms with Gasteiger partial charge in [-0.15, -0.1) is 0 Å². The lowest BCUT2D eigenvalue weighted by molar-refractivity contribution is -0.117. The summed E-state index contributed by atoms with van der Waals surface area (Å²) in [6.07, 6.45) is 0. The molecule has 2 aromatic carbocycles. The van der Waals surface area contributed by atoms with Crippen molar-refractivity contribution in [2.75, 3.05) is 38.0 Å². The Labute approximate surface area is 180 Å². The predicted octanol–water partition coefficient (Wildman–Crippen LogP) is 3.81. The number of piperazine rings is 1. The molecule has 148 valence electrons. The van der Waals surface area contributed by atoms with Crippen molar-refractivity contribution in [2.24, 2.45) is 0 Å². The minimum absolute atomic E-state index is 0.0202. The molecule has 1 aliphatic heterocycles. The smallest absolute Gasteiger partial charge is 0.253 e. The molecule has 0 aromatic heterocycles. The number of nitrogens with zero attached hydrogens (tertiary/aromatic N) is 2. The molecule has 0 unspecified atom stereocenters. The van der Waals surface area contributed by atoms with Crippen LogP contribution in [0.25, 0.3) is 0 Å². The molecule has 3 rings (SSSR count). The zero-order chi connectivity index (χ0) is 20.1. The molecule has 2 amide bonds. The number of anilines is 1. The van der Waals surface area contributed by atoms with Crippen LogP contribution in [0.5, 0.6) is 0 Å². The van der Waals surface area contributed by atoms with Gasteiger partial charge in [-0.2, -0.15) is 0 Å². The maximum Gasteiger partial charge on any atom is 0.253 e. The number of rotatable bonds is 5. The topological polar surface area (TPSA) is 52.7 Å². The van der Waals surface area contributed by atoms with Gasteiger partial charge in [0.2, 0.25) is 5.91 Å². The summed E-state index contributed by atoms with van der Waals surface area (Å²) in [6.45, 7) is 7.32. The first-order valence-electron chi connectivity index (χ1n) is 9.60. The van der Waals surface area contributed by atoms with Crippen LogP contribution in [0.3, 0.4) is 0 Å². The summed E-state index contributed by atoms with van der Waals surface area (Å²) in [4.78, 5) is 29.0. The van der Waals surface area contributed by atoms with Gasteiger partial charge in [-0.05, 0) is 58.3 Å². The van der Waals surface area contributed by atoms with Gasteiger partial charge < -0.3 is 10.2 Å². The van der Waals surface area contributed by atoms with Crippen molar-refractivity contribution in [3.8, 4) is 0 Å². The first kappa shape index (κ1) is 20.8. The highest BCUT2D eigenvalue weighted by Crippen LogP contribution is 2.18. The first-order valence-corrected chi connectivity index (χ1v) is 10.7. The fraction of sp³-hybridized carbons (Fsp3) is 0.364. The van der Waals surface area contributed by atoms with E-state index >= 15 is 0 Å². The Balaban J connectivity index is 1.49. The number of benzene rings is 2. The maximum absolute atomic E-state index is 12.7. The molecule has 1 saturated heterocycles. The van der Waals surface area contributed by atoms with Gasteiger partial charge in [0, 0.05) is 35.3 Å². The minimum atomic E-state index is -0.0202. The molecule has 0 radical (unpaired) electrons. The van der Waals surface area contributed by atoms with Gasteiger partial charge in [-0.3, -0.25) is 14.5 Å². The normalized spacial score (nSPS) is 14.9. The molecule has 2 aromatic rings. The molecule has 5 nitrogen and oxygen atoms in total. The van der Waals surface area contributed by atoms with E-state index < -0.39 is 0 Å². The van der Waals surface area contributed by atoms with E-state index in [9.17, 15) is 9.59 Å². The summed E-state index contributed by atoms with van der Waals surface area (Å²) in [5, 5.41) is 2.96. The fourth-order valence-electron chi connectivity index (χ4n) is 3.26. The van der Waals surface area contributed by atoms with E-state index in [0.29, 0.717) is 38.6 Å². The Kier molecular flexibility index (Phi) is 7.07. The van der Waals surface area contributed by atoms with Crippen LogP contribution in [0.1, 0.15) is 35.7 Å². The van der Waals surface area contributed by atoms with Crippen LogP contribution < -0.4 is 5.32 Å². The van der Waals surface area contributed by atoms with Gasteiger partial charge in [-0.25, -0.2) is 0 Å². The fourth-order valence-corrected chi connectivity index (χ4v) is 3.78.